The van der Waals surface area contributed by atoms with Gasteiger partial charge >= 0.3 is 0 Å². The van der Waals surface area contributed by atoms with Gasteiger partial charge in [-0.15, -0.1) is 0 Å². The summed E-state index contributed by atoms with van der Waals surface area (Å²) in [6.45, 7) is 0. The van der Waals surface area contributed by atoms with Crippen LogP contribution in [0.4, 0.5) is 0 Å². The average molecular weight is 424 g/mol. The van der Waals surface area contributed by atoms with Crippen molar-refractivity contribution >= 4 is 21.9 Å². The van der Waals surface area contributed by atoms with Crippen molar-refractivity contribution in [3.05, 3.63) is 144 Å². The van der Waals surface area contributed by atoms with Crippen molar-refractivity contribution in [2.24, 2.45) is 0 Å². The predicted octanol–water partition coefficient (Wildman–Crippen LogP) is 8.07. The van der Waals surface area contributed by atoms with Crippen LogP contribution in [-0.2, 0) is 5.41 Å². The third-order valence-corrected chi connectivity index (χ3v) is 6.82. The highest BCUT2D eigenvalue weighted by molar-refractivity contribution is 6.05. The summed E-state index contributed by atoms with van der Waals surface area (Å²) < 4.78 is 12.7. The Kier molecular flexibility index (Phi) is 3.80. The number of fused-ring (bicyclic) bond motifs is 5. The Labute approximate surface area is 191 Å². The van der Waals surface area contributed by atoms with Gasteiger partial charge in [0.25, 0.3) is 0 Å². The van der Waals surface area contributed by atoms with Crippen molar-refractivity contribution in [1.29, 1.82) is 0 Å². The molecule has 0 saturated carbocycles. The zero-order chi connectivity index (χ0) is 21.8. The molecule has 2 nitrogen and oxygen atoms in total. The van der Waals surface area contributed by atoms with E-state index in [4.69, 9.17) is 9.15 Å². The minimum absolute atomic E-state index is 0.528. The third-order valence-electron chi connectivity index (χ3n) is 6.82. The van der Waals surface area contributed by atoms with Crippen molar-refractivity contribution in [2.75, 3.05) is 0 Å². The molecule has 2 heterocycles. The first-order valence-corrected chi connectivity index (χ1v) is 11.2. The second-order valence-corrected chi connectivity index (χ2v) is 8.52. The lowest BCUT2D eigenvalue weighted by Gasteiger charge is -2.41. The molecular weight excluding hydrogens is 404 g/mol. The fourth-order valence-electron chi connectivity index (χ4n) is 5.43. The second-order valence-electron chi connectivity index (χ2n) is 8.52. The highest BCUT2D eigenvalue weighted by Crippen LogP contribution is 2.55. The van der Waals surface area contributed by atoms with E-state index >= 15 is 0 Å². The van der Waals surface area contributed by atoms with E-state index < -0.39 is 5.41 Å². The lowest BCUT2D eigenvalue weighted by molar-refractivity contribution is 0.434. The maximum absolute atomic E-state index is 6.39. The highest BCUT2D eigenvalue weighted by Gasteiger charge is 2.45. The maximum Gasteiger partial charge on any atom is 0.135 e. The second kappa shape index (κ2) is 6.85. The molecule has 33 heavy (non-hydrogen) atoms. The number of benzene rings is 5. The van der Waals surface area contributed by atoms with Crippen LogP contribution < -0.4 is 4.74 Å². The van der Waals surface area contributed by atoms with Crippen LogP contribution in [-0.4, -0.2) is 0 Å². The monoisotopic (exact) mass is 424 g/mol. The SMILES string of the molecule is c1ccc(C2(c3ccc4c(c3)oc3ccccc34)c3ccccc3Oc3ccccc32)cc1. The quantitative estimate of drug-likeness (QED) is 0.280. The van der Waals surface area contributed by atoms with E-state index in [0.717, 1.165) is 50.1 Å². The molecule has 0 unspecified atom stereocenters. The summed E-state index contributed by atoms with van der Waals surface area (Å²) in [4.78, 5) is 0. The molecule has 6 aromatic rings. The Morgan fingerprint density at radius 1 is 0.455 bits per heavy atom. The van der Waals surface area contributed by atoms with Gasteiger partial charge in [0.15, 0.2) is 0 Å². The highest BCUT2D eigenvalue weighted by atomic mass is 16.5. The predicted molar refractivity (Wildman–Crippen MR) is 132 cm³/mol. The van der Waals surface area contributed by atoms with E-state index in [1.165, 1.54) is 5.56 Å². The Morgan fingerprint density at radius 3 is 1.82 bits per heavy atom. The normalized spacial score (nSPS) is 13.9. The van der Waals surface area contributed by atoms with Gasteiger partial charge in [-0.2, -0.15) is 0 Å². The van der Waals surface area contributed by atoms with Crippen LogP contribution in [0.3, 0.4) is 0 Å². The lowest BCUT2D eigenvalue weighted by atomic mass is 9.63. The van der Waals surface area contributed by atoms with Gasteiger partial charge in [-0.05, 0) is 35.4 Å². The topological polar surface area (TPSA) is 22.4 Å². The summed E-state index contributed by atoms with van der Waals surface area (Å²) in [6.07, 6.45) is 0. The molecule has 0 spiro atoms. The van der Waals surface area contributed by atoms with Crippen LogP contribution in [0.25, 0.3) is 21.9 Å². The Hall–Kier alpha value is -4.30. The summed E-state index contributed by atoms with van der Waals surface area (Å²) in [5.41, 5.74) is 5.89. The van der Waals surface area contributed by atoms with Crippen molar-refractivity contribution in [2.45, 2.75) is 5.41 Å². The van der Waals surface area contributed by atoms with Crippen molar-refractivity contribution in [1.82, 2.24) is 0 Å². The maximum atomic E-state index is 6.39. The van der Waals surface area contributed by atoms with Gasteiger partial charge < -0.3 is 9.15 Å². The van der Waals surface area contributed by atoms with Crippen LogP contribution in [0, 0.1) is 0 Å². The van der Waals surface area contributed by atoms with Crippen molar-refractivity contribution < 1.29 is 9.15 Å². The molecule has 1 aromatic heterocycles. The van der Waals surface area contributed by atoms with Crippen LogP contribution in [0.5, 0.6) is 11.5 Å². The fourth-order valence-corrected chi connectivity index (χ4v) is 5.43. The number of rotatable bonds is 2. The molecule has 156 valence electrons. The molecule has 0 saturated heterocycles. The van der Waals surface area contributed by atoms with E-state index in [9.17, 15) is 0 Å². The van der Waals surface area contributed by atoms with E-state index in [1.54, 1.807) is 0 Å². The smallest absolute Gasteiger partial charge is 0.135 e. The molecule has 2 heteroatoms. The molecule has 0 bridgehead atoms. The summed E-state index contributed by atoms with van der Waals surface area (Å²) in [6, 6.07) is 42.3. The summed E-state index contributed by atoms with van der Waals surface area (Å²) in [5, 5.41) is 2.27. The first kappa shape index (κ1) is 18.3. The standard InChI is InChI=1S/C31H20O2/c1-2-10-21(11-3-1)31(22-18-19-24-23-12-4-7-15-27(23)32-30(24)20-22)25-13-5-8-16-28(25)33-29-17-9-6-14-26(29)31/h1-20H. The molecular formula is C31H20O2. The minimum Gasteiger partial charge on any atom is -0.457 e. The van der Waals surface area contributed by atoms with Gasteiger partial charge in [-0.3, -0.25) is 0 Å². The van der Waals surface area contributed by atoms with E-state index in [0.29, 0.717) is 0 Å². The first-order valence-electron chi connectivity index (χ1n) is 11.2. The molecule has 7 rings (SSSR count). The molecule has 1 aliphatic rings. The van der Waals surface area contributed by atoms with E-state index in [-0.39, 0.29) is 0 Å². The Bertz CT molecular complexity index is 1600. The third kappa shape index (κ3) is 2.49. The van der Waals surface area contributed by atoms with Gasteiger partial charge in [0, 0.05) is 21.9 Å². The minimum atomic E-state index is -0.528. The molecule has 1 aliphatic heterocycles. The molecule has 0 fully saturated rings. The van der Waals surface area contributed by atoms with Gasteiger partial charge in [-0.1, -0.05) is 97.1 Å². The van der Waals surface area contributed by atoms with Crippen molar-refractivity contribution in [3.8, 4) is 11.5 Å². The number of para-hydroxylation sites is 3. The van der Waals surface area contributed by atoms with E-state index in [1.807, 2.05) is 24.3 Å². The zero-order valence-electron chi connectivity index (χ0n) is 17.9. The number of hydrogen-bond acceptors (Lipinski definition) is 2. The van der Waals surface area contributed by atoms with Crippen LogP contribution in [0.1, 0.15) is 22.3 Å². The van der Waals surface area contributed by atoms with Gasteiger partial charge in [0.2, 0.25) is 0 Å². The summed E-state index contributed by atoms with van der Waals surface area (Å²) in [7, 11) is 0. The number of hydrogen-bond donors (Lipinski definition) is 0. The number of furan rings is 1. The van der Waals surface area contributed by atoms with Crippen molar-refractivity contribution in [3.63, 3.8) is 0 Å². The van der Waals surface area contributed by atoms with Crippen LogP contribution in [0.15, 0.2) is 126 Å². The van der Waals surface area contributed by atoms with Crippen LogP contribution in [0.2, 0.25) is 0 Å². The van der Waals surface area contributed by atoms with E-state index in [2.05, 4.69) is 97.1 Å². The lowest BCUT2D eigenvalue weighted by Crippen LogP contribution is -2.34. The fraction of sp³-hybridized carbons (Fsp3) is 0.0323. The summed E-state index contributed by atoms with van der Waals surface area (Å²) >= 11 is 0. The zero-order valence-corrected chi connectivity index (χ0v) is 17.9. The van der Waals surface area contributed by atoms with Gasteiger partial charge in [0.05, 0.1) is 5.41 Å². The van der Waals surface area contributed by atoms with Gasteiger partial charge in [0.1, 0.15) is 22.7 Å². The number of ether oxygens (including phenoxy) is 1. The summed E-state index contributed by atoms with van der Waals surface area (Å²) in [5.74, 6) is 1.76. The van der Waals surface area contributed by atoms with Crippen LogP contribution >= 0.6 is 0 Å². The molecule has 0 aliphatic carbocycles. The largest absolute Gasteiger partial charge is 0.457 e. The Morgan fingerprint density at radius 2 is 1.06 bits per heavy atom. The molecule has 0 radical (unpaired) electrons. The molecule has 0 atom stereocenters. The molecule has 5 aromatic carbocycles. The Balaban J connectivity index is 1.63. The molecule has 0 amide bonds. The average Bonchev–Trinajstić information content (AvgIpc) is 3.26. The van der Waals surface area contributed by atoms with Gasteiger partial charge in [-0.25, -0.2) is 0 Å². The molecule has 0 N–H and O–H groups in total. The first-order chi connectivity index (χ1) is 16.4.